The summed E-state index contributed by atoms with van der Waals surface area (Å²) in [4.78, 5) is 12.5. The van der Waals surface area contributed by atoms with E-state index in [-0.39, 0.29) is 5.57 Å². The number of nitrogens with zero attached hydrogens (tertiary/aromatic N) is 1. The lowest BCUT2D eigenvalue weighted by Gasteiger charge is -2.14. The molecule has 0 saturated heterocycles. The van der Waals surface area contributed by atoms with E-state index in [2.05, 4.69) is 5.32 Å². The van der Waals surface area contributed by atoms with Crippen LogP contribution in [-0.4, -0.2) is 26.7 Å². The van der Waals surface area contributed by atoms with Crippen LogP contribution in [0.5, 0.6) is 17.2 Å². The number of ether oxygens (including phenoxy) is 3. The number of methoxy groups -OCH3 is 2. The van der Waals surface area contributed by atoms with E-state index >= 15 is 0 Å². The van der Waals surface area contributed by atoms with E-state index in [4.69, 9.17) is 37.4 Å². The maximum Gasteiger partial charge on any atom is 0.266 e. The van der Waals surface area contributed by atoms with Gasteiger partial charge in [-0.2, -0.15) is 5.26 Å². The Morgan fingerprint density at radius 3 is 2.36 bits per heavy atom. The third kappa shape index (κ3) is 5.10. The molecule has 0 spiro atoms. The quantitative estimate of drug-likeness (QED) is 0.505. The van der Waals surface area contributed by atoms with Crippen molar-refractivity contribution in [1.29, 1.82) is 5.26 Å². The molecule has 6 nitrogen and oxygen atoms in total. The summed E-state index contributed by atoms with van der Waals surface area (Å²) >= 11 is 12.0. The van der Waals surface area contributed by atoms with Gasteiger partial charge in [-0.1, -0.05) is 23.2 Å². The Balaban J connectivity index is 2.39. The van der Waals surface area contributed by atoms with Gasteiger partial charge >= 0.3 is 0 Å². The maximum atomic E-state index is 12.5. The van der Waals surface area contributed by atoms with Crippen molar-refractivity contribution in [3.05, 3.63) is 51.5 Å². The van der Waals surface area contributed by atoms with Crippen LogP contribution in [0.25, 0.3) is 6.08 Å². The lowest BCUT2D eigenvalue weighted by atomic mass is 10.1. The van der Waals surface area contributed by atoms with E-state index < -0.39 is 5.91 Å². The molecule has 28 heavy (non-hydrogen) atoms. The highest BCUT2D eigenvalue weighted by Gasteiger charge is 2.16. The predicted molar refractivity (Wildman–Crippen MR) is 109 cm³/mol. The van der Waals surface area contributed by atoms with Gasteiger partial charge in [0.1, 0.15) is 11.6 Å². The average molecular weight is 421 g/mol. The molecule has 0 aromatic heterocycles. The first-order valence-corrected chi connectivity index (χ1v) is 8.96. The second-order valence-corrected chi connectivity index (χ2v) is 6.28. The smallest absolute Gasteiger partial charge is 0.266 e. The Morgan fingerprint density at radius 2 is 1.82 bits per heavy atom. The van der Waals surface area contributed by atoms with Crippen molar-refractivity contribution in [3.8, 4) is 23.3 Å². The first-order chi connectivity index (χ1) is 13.4. The summed E-state index contributed by atoms with van der Waals surface area (Å²) in [5.41, 5.74) is 0.701. The summed E-state index contributed by atoms with van der Waals surface area (Å²) in [6.07, 6.45) is 1.41. The van der Waals surface area contributed by atoms with E-state index in [9.17, 15) is 10.1 Å². The Hall–Kier alpha value is -2.88. The highest BCUT2D eigenvalue weighted by molar-refractivity contribution is 6.36. The van der Waals surface area contributed by atoms with Crippen LogP contribution < -0.4 is 19.5 Å². The number of nitriles is 1. The van der Waals surface area contributed by atoms with Crippen LogP contribution in [0, 0.1) is 11.3 Å². The van der Waals surface area contributed by atoms with Crippen LogP contribution in [0.4, 0.5) is 5.69 Å². The summed E-state index contributed by atoms with van der Waals surface area (Å²) in [5, 5.41) is 12.7. The van der Waals surface area contributed by atoms with E-state index in [1.54, 1.807) is 24.3 Å². The zero-order valence-corrected chi connectivity index (χ0v) is 17.0. The number of hydrogen-bond donors (Lipinski definition) is 1. The summed E-state index contributed by atoms with van der Waals surface area (Å²) in [6, 6.07) is 9.82. The molecule has 0 aliphatic carbocycles. The van der Waals surface area contributed by atoms with Crippen molar-refractivity contribution in [2.24, 2.45) is 0 Å². The van der Waals surface area contributed by atoms with Crippen LogP contribution in [0.2, 0.25) is 10.0 Å². The number of hydrogen-bond acceptors (Lipinski definition) is 5. The van der Waals surface area contributed by atoms with Gasteiger partial charge in [0, 0.05) is 5.02 Å². The summed E-state index contributed by atoms with van der Waals surface area (Å²) in [7, 11) is 2.98. The van der Waals surface area contributed by atoms with Gasteiger partial charge in [-0.25, -0.2) is 0 Å². The largest absolute Gasteiger partial charge is 0.493 e. The van der Waals surface area contributed by atoms with Gasteiger partial charge in [0.05, 0.1) is 31.5 Å². The van der Waals surface area contributed by atoms with E-state index in [1.807, 2.05) is 13.0 Å². The fourth-order valence-corrected chi connectivity index (χ4v) is 2.71. The molecule has 2 aromatic carbocycles. The third-order valence-electron chi connectivity index (χ3n) is 3.62. The number of halogens is 2. The predicted octanol–water partition coefficient (Wildman–Crippen LogP) is 4.95. The summed E-state index contributed by atoms with van der Waals surface area (Å²) in [6.45, 7) is 2.26. The van der Waals surface area contributed by atoms with Crippen molar-refractivity contribution < 1.29 is 19.0 Å². The minimum atomic E-state index is -0.626. The van der Waals surface area contributed by atoms with Crippen LogP contribution in [0.3, 0.4) is 0 Å². The van der Waals surface area contributed by atoms with Crippen molar-refractivity contribution in [1.82, 2.24) is 0 Å². The van der Waals surface area contributed by atoms with Gasteiger partial charge in [-0.15, -0.1) is 0 Å². The number of amides is 1. The monoisotopic (exact) mass is 420 g/mol. The molecule has 1 N–H and O–H groups in total. The number of carbonyl (C=O) groups is 1. The molecule has 0 heterocycles. The fraction of sp³-hybridized carbons (Fsp3) is 0.200. The second-order valence-electron chi connectivity index (χ2n) is 5.44. The molecule has 8 heteroatoms. The number of nitrogens with one attached hydrogen (secondary N) is 1. The van der Waals surface area contributed by atoms with Crippen LogP contribution in [0.1, 0.15) is 12.5 Å². The molecule has 0 aliphatic heterocycles. The Labute approximate surface area is 173 Å². The minimum absolute atomic E-state index is 0.135. The molecule has 0 bridgehead atoms. The highest BCUT2D eigenvalue weighted by Crippen LogP contribution is 2.39. The molecule has 0 radical (unpaired) electrons. The van der Waals surface area contributed by atoms with E-state index in [1.165, 1.54) is 26.4 Å². The second kappa shape index (κ2) is 9.88. The lowest BCUT2D eigenvalue weighted by molar-refractivity contribution is -0.112. The molecule has 2 aromatic rings. The summed E-state index contributed by atoms with van der Waals surface area (Å²) in [5.74, 6) is 0.655. The van der Waals surface area contributed by atoms with Crippen LogP contribution in [0.15, 0.2) is 35.9 Å². The van der Waals surface area contributed by atoms with Gasteiger partial charge in [0.25, 0.3) is 5.91 Å². The fourth-order valence-electron chi connectivity index (χ4n) is 2.37. The molecule has 0 atom stereocenters. The van der Waals surface area contributed by atoms with Crippen LogP contribution in [-0.2, 0) is 4.79 Å². The maximum absolute atomic E-state index is 12.5. The molecule has 0 fully saturated rings. The first kappa shape index (κ1) is 21.4. The van der Waals surface area contributed by atoms with Crippen molar-refractivity contribution in [2.45, 2.75) is 6.92 Å². The van der Waals surface area contributed by atoms with Crippen molar-refractivity contribution >= 4 is 40.9 Å². The molecule has 146 valence electrons. The average Bonchev–Trinajstić information content (AvgIpc) is 2.69. The summed E-state index contributed by atoms with van der Waals surface area (Å²) < 4.78 is 16.2. The zero-order chi connectivity index (χ0) is 20.7. The Morgan fingerprint density at radius 1 is 1.18 bits per heavy atom. The molecular formula is C20H18Cl2N2O4. The first-order valence-electron chi connectivity index (χ1n) is 8.20. The number of carbonyl (C=O) groups excluding carboxylic acids is 1. The van der Waals surface area contributed by atoms with E-state index in [0.29, 0.717) is 45.2 Å². The van der Waals surface area contributed by atoms with Crippen molar-refractivity contribution in [2.75, 3.05) is 26.1 Å². The number of anilines is 1. The van der Waals surface area contributed by atoms with Crippen LogP contribution >= 0.6 is 23.2 Å². The molecule has 1 amide bonds. The van der Waals surface area contributed by atoms with Gasteiger partial charge < -0.3 is 19.5 Å². The normalized spacial score (nSPS) is 10.8. The minimum Gasteiger partial charge on any atom is -0.493 e. The molecule has 0 unspecified atom stereocenters. The van der Waals surface area contributed by atoms with Gasteiger partial charge in [0.15, 0.2) is 11.5 Å². The van der Waals surface area contributed by atoms with Gasteiger partial charge in [0.2, 0.25) is 5.75 Å². The van der Waals surface area contributed by atoms with Crippen molar-refractivity contribution in [3.63, 3.8) is 0 Å². The number of rotatable bonds is 7. The molecule has 2 rings (SSSR count). The third-order valence-corrected chi connectivity index (χ3v) is 4.19. The van der Waals surface area contributed by atoms with E-state index in [0.717, 1.165) is 0 Å². The lowest BCUT2D eigenvalue weighted by Crippen LogP contribution is -2.13. The Bertz CT molecular complexity index is 927. The molecule has 0 saturated carbocycles. The van der Waals surface area contributed by atoms with Gasteiger partial charge in [-0.05, 0) is 48.9 Å². The topological polar surface area (TPSA) is 80.6 Å². The van der Waals surface area contributed by atoms with Gasteiger partial charge in [-0.3, -0.25) is 4.79 Å². The standard InChI is InChI=1S/C20H18Cl2N2O4/c1-4-28-19-17(26-2)8-12(9-18(19)27-3)7-13(11-23)20(25)24-16-10-14(21)5-6-15(16)22/h5-10H,4H2,1-3H3,(H,24,25). The highest BCUT2D eigenvalue weighted by atomic mass is 35.5. The SMILES string of the molecule is CCOc1c(OC)cc(C=C(C#N)C(=O)Nc2cc(Cl)ccc2Cl)cc1OC. The number of benzene rings is 2. The zero-order valence-electron chi connectivity index (χ0n) is 15.5. The Kier molecular flexibility index (Phi) is 7.56. The molecule has 0 aliphatic rings. The molecular weight excluding hydrogens is 403 g/mol.